The van der Waals surface area contributed by atoms with E-state index in [-0.39, 0.29) is 6.42 Å². The molecule has 0 heterocycles. The maximum atomic E-state index is 10.6. The molecule has 0 fully saturated rings. The molecule has 1 atom stereocenters. The maximum absolute atomic E-state index is 10.6. The molecule has 3 N–H and O–H groups in total. The molecule has 64 valence electrons. The molecule has 0 saturated heterocycles. The molecule has 0 rings (SSSR count). The van der Waals surface area contributed by atoms with Crippen LogP contribution >= 0.6 is 0 Å². The van der Waals surface area contributed by atoms with Crippen molar-refractivity contribution in [3.8, 4) is 0 Å². The van der Waals surface area contributed by atoms with Gasteiger partial charge in [0, 0.05) is 0 Å². The largest absolute Gasteiger partial charge is 0.480 e. The monoisotopic (exact) mass is 161 g/mol. The average molecular weight is 161 g/mol. The molecular formula is C6H11NO4. The molecule has 5 nitrogen and oxygen atoms in total. The second kappa shape index (κ2) is 3.34. The quantitative estimate of drug-likeness (QED) is 0.537. The highest BCUT2D eigenvalue weighted by Gasteiger charge is 2.31. The molecule has 5 heteroatoms. The zero-order chi connectivity index (χ0) is 9.07. The van der Waals surface area contributed by atoms with Crippen molar-refractivity contribution in [2.24, 2.45) is 5.73 Å². The van der Waals surface area contributed by atoms with Crippen molar-refractivity contribution in [1.82, 2.24) is 0 Å². The highest BCUT2D eigenvalue weighted by Crippen LogP contribution is 2.05. The number of carboxylic acid groups (broad SMARTS) is 1. The first-order valence-corrected chi connectivity index (χ1v) is 2.99. The number of rotatable bonds is 3. The molecule has 0 aromatic rings. The Kier molecular flexibility index (Phi) is 3.00. The Morgan fingerprint density at radius 1 is 1.64 bits per heavy atom. The molecule has 0 saturated carbocycles. The first-order chi connectivity index (χ1) is 4.90. The van der Waals surface area contributed by atoms with Gasteiger partial charge >= 0.3 is 11.9 Å². The lowest BCUT2D eigenvalue weighted by molar-refractivity contribution is -0.150. The van der Waals surface area contributed by atoms with Crippen LogP contribution in [0, 0.1) is 0 Å². The van der Waals surface area contributed by atoms with Crippen molar-refractivity contribution in [3.63, 3.8) is 0 Å². The van der Waals surface area contributed by atoms with Gasteiger partial charge in [0.25, 0.3) is 0 Å². The molecule has 0 aromatic carbocycles. The highest BCUT2D eigenvalue weighted by atomic mass is 16.5. The van der Waals surface area contributed by atoms with E-state index in [4.69, 9.17) is 10.8 Å². The first-order valence-electron chi connectivity index (χ1n) is 2.99. The molecular weight excluding hydrogens is 150 g/mol. The molecule has 1 unspecified atom stereocenters. The zero-order valence-electron chi connectivity index (χ0n) is 6.46. The van der Waals surface area contributed by atoms with Crippen molar-refractivity contribution >= 4 is 11.9 Å². The van der Waals surface area contributed by atoms with E-state index in [1.54, 1.807) is 0 Å². The van der Waals surface area contributed by atoms with Gasteiger partial charge in [-0.15, -0.1) is 0 Å². The minimum Gasteiger partial charge on any atom is -0.480 e. The van der Waals surface area contributed by atoms with Crippen LogP contribution in [0.5, 0.6) is 0 Å². The van der Waals surface area contributed by atoms with E-state index in [9.17, 15) is 9.59 Å². The molecule has 0 amide bonds. The molecule has 0 aliphatic heterocycles. The minimum absolute atomic E-state index is 0.321. The third-order valence-electron chi connectivity index (χ3n) is 1.23. The Morgan fingerprint density at radius 2 is 2.09 bits per heavy atom. The Balaban J connectivity index is 4.12. The SMILES string of the molecule is COC(=O)CC(C)(N)C(=O)O. The lowest BCUT2D eigenvalue weighted by Gasteiger charge is -2.16. The van der Waals surface area contributed by atoms with Crippen molar-refractivity contribution in [1.29, 1.82) is 0 Å². The zero-order valence-corrected chi connectivity index (χ0v) is 6.46. The van der Waals surface area contributed by atoms with E-state index in [0.717, 1.165) is 0 Å². The van der Waals surface area contributed by atoms with Gasteiger partial charge in [0.2, 0.25) is 0 Å². The van der Waals surface area contributed by atoms with Crippen molar-refractivity contribution in [2.45, 2.75) is 18.9 Å². The summed E-state index contributed by atoms with van der Waals surface area (Å²) < 4.78 is 4.25. The number of hydrogen-bond acceptors (Lipinski definition) is 4. The van der Waals surface area contributed by atoms with E-state index in [0.29, 0.717) is 0 Å². The number of nitrogens with two attached hydrogens (primary N) is 1. The Labute approximate surface area is 64.1 Å². The minimum atomic E-state index is -1.53. The lowest BCUT2D eigenvalue weighted by atomic mass is 10.0. The van der Waals surface area contributed by atoms with Gasteiger partial charge in [-0.1, -0.05) is 0 Å². The summed E-state index contributed by atoms with van der Waals surface area (Å²) in [6.45, 7) is 1.26. The smallest absolute Gasteiger partial charge is 0.323 e. The van der Waals surface area contributed by atoms with Gasteiger partial charge < -0.3 is 15.6 Å². The highest BCUT2D eigenvalue weighted by molar-refractivity contribution is 5.84. The van der Waals surface area contributed by atoms with Crippen LogP contribution in [0.15, 0.2) is 0 Å². The molecule has 0 aliphatic rings. The van der Waals surface area contributed by atoms with Gasteiger partial charge in [-0.05, 0) is 6.92 Å². The average Bonchev–Trinajstić information content (AvgIpc) is 1.86. The van der Waals surface area contributed by atoms with Crippen molar-refractivity contribution < 1.29 is 19.4 Å². The van der Waals surface area contributed by atoms with Crippen LogP contribution in [-0.4, -0.2) is 29.7 Å². The summed E-state index contributed by atoms with van der Waals surface area (Å²) in [6.07, 6.45) is -0.321. The fraction of sp³-hybridized carbons (Fsp3) is 0.667. The molecule has 0 bridgehead atoms. The van der Waals surface area contributed by atoms with E-state index < -0.39 is 17.5 Å². The second-order valence-electron chi connectivity index (χ2n) is 2.48. The van der Waals surface area contributed by atoms with Gasteiger partial charge in [-0.25, -0.2) is 0 Å². The van der Waals surface area contributed by atoms with Crippen molar-refractivity contribution in [2.75, 3.05) is 7.11 Å². The maximum Gasteiger partial charge on any atom is 0.323 e. The second-order valence-corrected chi connectivity index (χ2v) is 2.48. The molecule has 0 radical (unpaired) electrons. The summed E-state index contributed by atoms with van der Waals surface area (Å²) >= 11 is 0. The van der Waals surface area contributed by atoms with Crippen LogP contribution in [0.1, 0.15) is 13.3 Å². The van der Waals surface area contributed by atoms with Gasteiger partial charge in [0.15, 0.2) is 0 Å². The van der Waals surface area contributed by atoms with Crippen LogP contribution in [0.3, 0.4) is 0 Å². The molecule has 0 aliphatic carbocycles. The summed E-state index contributed by atoms with van der Waals surface area (Å²) in [7, 11) is 1.18. The van der Waals surface area contributed by atoms with E-state index >= 15 is 0 Å². The number of aliphatic carboxylic acids is 1. The van der Waals surface area contributed by atoms with Crippen LogP contribution in [0.4, 0.5) is 0 Å². The number of hydrogen-bond donors (Lipinski definition) is 2. The topological polar surface area (TPSA) is 89.6 Å². The number of esters is 1. The summed E-state index contributed by atoms with van der Waals surface area (Å²) in [5.74, 6) is -1.85. The van der Waals surface area contributed by atoms with Crippen LogP contribution in [0.2, 0.25) is 0 Å². The number of methoxy groups -OCH3 is 1. The third-order valence-corrected chi connectivity index (χ3v) is 1.23. The summed E-state index contributed by atoms with van der Waals surface area (Å²) in [5, 5.41) is 8.45. The summed E-state index contributed by atoms with van der Waals surface area (Å²) in [5.41, 5.74) is 3.70. The fourth-order valence-electron chi connectivity index (χ4n) is 0.448. The lowest BCUT2D eigenvalue weighted by Crippen LogP contribution is -2.46. The number of ether oxygens (including phenoxy) is 1. The number of carboxylic acids is 1. The van der Waals surface area contributed by atoms with Gasteiger partial charge in [-0.2, -0.15) is 0 Å². The van der Waals surface area contributed by atoms with Crippen molar-refractivity contribution in [3.05, 3.63) is 0 Å². The Morgan fingerprint density at radius 3 is 2.36 bits per heavy atom. The first kappa shape index (κ1) is 9.90. The normalized spacial score (nSPS) is 15.2. The van der Waals surface area contributed by atoms with Gasteiger partial charge in [0.1, 0.15) is 5.54 Å². The number of carbonyl (C=O) groups excluding carboxylic acids is 1. The summed E-state index contributed by atoms with van der Waals surface area (Å²) in [6, 6.07) is 0. The van der Waals surface area contributed by atoms with Gasteiger partial charge in [-0.3, -0.25) is 9.59 Å². The number of carbonyl (C=O) groups is 2. The predicted molar refractivity (Wildman–Crippen MR) is 36.9 cm³/mol. The van der Waals surface area contributed by atoms with E-state index in [1.807, 2.05) is 0 Å². The molecule has 0 spiro atoms. The summed E-state index contributed by atoms with van der Waals surface area (Å²) in [4.78, 5) is 20.9. The predicted octanol–water partition coefficient (Wildman–Crippen LogP) is -0.648. The third kappa shape index (κ3) is 2.99. The standard InChI is InChI=1S/C6H11NO4/c1-6(7,5(9)10)3-4(8)11-2/h3,7H2,1-2H3,(H,9,10). The fourth-order valence-corrected chi connectivity index (χ4v) is 0.448. The van der Waals surface area contributed by atoms with Crippen LogP contribution < -0.4 is 5.73 Å². The Hall–Kier alpha value is -1.10. The Bertz CT molecular complexity index is 175. The molecule has 0 aromatic heterocycles. The van der Waals surface area contributed by atoms with E-state index in [2.05, 4.69) is 4.74 Å². The van der Waals surface area contributed by atoms with E-state index in [1.165, 1.54) is 14.0 Å². The van der Waals surface area contributed by atoms with Crippen LogP contribution in [0.25, 0.3) is 0 Å². The van der Waals surface area contributed by atoms with Crippen LogP contribution in [-0.2, 0) is 14.3 Å². The van der Waals surface area contributed by atoms with Gasteiger partial charge in [0.05, 0.1) is 13.5 Å². The molecule has 11 heavy (non-hydrogen) atoms.